The minimum absolute atomic E-state index is 0.183. The first-order chi connectivity index (χ1) is 12.2. The van der Waals surface area contributed by atoms with Crippen LogP contribution in [0.3, 0.4) is 0 Å². The van der Waals surface area contributed by atoms with Crippen LogP contribution in [0.15, 0.2) is 48.7 Å². The van der Waals surface area contributed by atoms with Gasteiger partial charge in [-0.05, 0) is 61.8 Å². The van der Waals surface area contributed by atoms with Crippen molar-refractivity contribution in [2.24, 2.45) is 5.92 Å². The van der Waals surface area contributed by atoms with E-state index in [0.717, 1.165) is 36.2 Å². The SMILES string of the molecule is CN1CC[C@@H](c2ccc(F)cc2)[C@H](COc2ccc3[nH]ncc3c2)C1. The molecule has 0 aliphatic carbocycles. The van der Waals surface area contributed by atoms with Crippen LogP contribution in [0, 0.1) is 11.7 Å². The van der Waals surface area contributed by atoms with Gasteiger partial charge in [-0.2, -0.15) is 5.10 Å². The van der Waals surface area contributed by atoms with Crippen molar-refractivity contribution in [2.45, 2.75) is 12.3 Å². The molecule has 0 saturated carbocycles. The van der Waals surface area contributed by atoms with Gasteiger partial charge in [0.2, 0.25) is 0 Å². The number of aromatic amines is 1. The molecule has 130 valence electrons. The zero-order valence-corrected chi connectivity index (χ0v) is 14.3. The van der Waals surface area contributed by atoms with E-state index in [9.17, 15) is 4.39 Å². The molecule has 1 saturated heterocycles. The molecule has 0 radical (unpaired) electrons. The lowest BCUT2D eigenvalue weighted by atomic mass is 9.81. The lowest BCUT2D eigenvalue weighted by Crippen LogP contribution is -2.39. The number of H-pyrrole nitrogens is 1. The molecule has 2 aromatic carbocycles. The van der Waals surface area contributed by atoms with E-state index in [4.69, 9.17) is 4.74 Å². The number of nitrogens with zero attached hydrogens (tertiary/aromatic N) is 2. The van der Waals surface area contributed by atoms with Crippen molar-refractivity contribution in [1.29, 1.82) is 0 Å². The molecule has 0 amide bonds. The third kappa shape index (κ3) is 3.51. The minimum atomic E-state index is -0.183. The number of hydrogen-bond acceptors (Lipinski definition) is 3. The Morgan fingerprint density at radius 3 is 2.92 bits per heavy atom. The molecule has 0 spiro atoms. The highest BCUT2D eigenvalue weighted by Gasteiger charge is 2.29. The van der Waals surface area contributed by atoms with E-state index in [1.54, 1.807) is 18.3 Å². The fraction of sp³-hybridized carbons (Fsp3) is 0.350. The summed E-state index contributed by atoms with van der Waals surface area (Å²) in [5, 5.41) is 8.04. The van der Waals surface area contributed by atoms with Crippen LogP contribution in [0.4, 0.5) is 4.39 Å². The van der Waals surface area contributed by atoms with Gasteiger partial charge in [-0.3, -0.25) is 5.10 Å². The van der Waals surface area contributed by atoms with Crippen molar-refractivity contribution >= 4 is 10.9 Å². The lowest BCUT2D eigenvalue weighted by molar-refractivity contribution is 0.129. The van der Waals surface area contributed by atoms with Crippen LogP contribution < -0.4 is 4.74 Å². The zero-order chi connectivity index (χ0) is 17.2. The highest BCUT2D eigenvalue weighted by atomic mass is 19.1. The molecule has 2 atom stereocenters. The second-order valence-electron chi connectivity index (χ2n) is 6.90. The highest BCUT2D eigenvalue weighted by Crippen LogP contribution is 2.33. The van der Waals surface area contributed by atoms with E-state index in [2.05, 4.69) is 22.1 Å². The molecular weight excluding hydrogens is 317 g/mol. The number of likely N-dealkylation sites (tertiary alicyclic amines) is 1. The van der Waals surface area contributed by atoms with Gasteiger partial charge in [0.15, 0.2) is 0 Å². The summed E-state index contributed by atoms with van der Waals surface area (Å²) in [6.45, 7) is 2.69. The van der Waals surface area contributed by atoms with Gasteiger partial charge in [0.25, 0.3) is 0 Å². The number of fused-ring (bicyclic) bond motifs is 1. The van der Waals surface area contributed by atoms with Gasteiger partial charge in [0.1, 0.15) is 11.6 Å². The van der Waals surface area contributed by atoms with Crippen LogP contribution in [-0.2, 0) is 0 Å². The summed E-state index contributed by atoms with van der Waals surface area (Å²) in [5.74, 6) is 1.46. The average Bonchev–Trinajstić information content (AvgIpc) is 3.09. The zero-order valence-electron chi connectivity index (χ0n) is 14.3. The Bertz CT molecular complexity index is 846. The van der Waals surface area contributed by atoms with Gasteiger partial charge in [-0.15, -0.1) is 0 Å². The Morgan fingerprint density at radius 2 is 2.08 bits per heavy atom. The maximum Gasteiger partial charge on any atom is 0.123 e. The van der Waals surface area contributed by atoms with Gasteiger partial charge in [0.05, 0.1) is 18.3 Å². The van der Waals surface area contributed by atoms with Crippen LogP contribution in [0.25, 0.3) is 10.9 Å². The maximum absolute atomic E-state index is 13.2. The molecule has 0 bridgehead atoms. The van der Waals surface area contributed by atoms with Crippen molar-refractivity contribution in [3.8, 4) is 5.75 Å². The van der Waals surface area contributed by atoms with Crippen LogP contribution in [0.2, 0.25) is 0 Å². The summed E-state index contributed by atoms with van der Waals surface area (Å²) in [5.41, 5.74) is 2.21. The van der Waals surface area contributed by atoms with E-state index < -0.39 is 0 Å². The van der Waals surface area contributed by atoms with Gasteiger partial charge in [-0.1, -0.05) is 12.1 Å². The fourth-order valence-electron chi connectivity index (χ4n) is 3.75. The quantitative estimate of drug-likeness (QED) is 0.786. The van der Waals surface area contributed by atoms with Crippen LogP contribution >= 0.6 is 0 Å². The Labute approximate surface area is 146 Å². The summed E-state index contributed by atoms with van der Waals surface area (Å²) in [6, 6.07) is 12.9. The van der Waals surface area contributed by atoms with Crippen LogP contribution in [-0.4, -0.2) is 41.8 Å². The molecule has 4 nitrogen and oxygen atoms in total. The minimum Gasteiger partial charge on any atom is -0.493 e. The molecule has 25 heavy (non-hydrogen) atoms. The third-order valence-corrected chi connectivity index (χ3v) is 5.11. The molecule has 5 heteroatoms. The topological polar surface area (TPSA) is 41.1 Å². The van der Waals surface area contributed by atoms with Crippen molar-refractivity contribution in [2.75, 3.05) is 26.7 Å². The molecule has 1 N–H and O–H groups in total. The molecule has 3 aromatic rings. The normalized spacial score (nSPS) is 21.5. The van der Waals surface area contributed by atoms with Crippen molar-refractivity contribution in [3.05, 3.63) is 60.0 Å². The smallest absolute Gasteiger partial charge is 0.123 e. The average molecular weight is 339 g/mol. The molecule has 1 fully saturated rings. The largest absolute Gasteiger partial charge is 0.493 e. The number of nitrogens with one attached hydrogen (secondary N) is 1. The highest BCUT2D eigenvalue weighted by molar-refractivity contribution is 5.79. The van der Waals surface area contributed by atoms with Gasteiger partial charge >= 0.3 is 0 Å². The number of hydrogen-bond donors (Lipinski definition) is 1. The molecular formula is C20H22FN3O. The Kier molecular flexibility index (Phi) is 4.40. The summed E-state index contributed by atoms with van der Waals surface area (Å²) in [4.78, 5) is 2.34. The first-order valence-electron chi connectivity index (χ1n) is 8.69. The molecule has 0 unspecified atom stereocenters. The fourth-order valence-corrected chi connectivity index (χ4v) is 3.75. The van der Waals surface area contributed by atoms with Crippen molar-refractivity contribution < 1.29 is 9.13 Å². The van der Waals surface area contributed by atoms with E-state index in [1.807, 2.05) is 30.3 Å². The van der Waals surface area contributed by atoms with Gasteiger partial charge in [-0.25, -0.2) is 4.39 Å². The van der Waals surface area contributed by atoms with E-state index in [-0.39, 0.29) is 5.82 Å². The molecule has 1 aliphatic rings. The second kappa shape index (κ2) is 6.84. The van der Waals surface area contributed by atoms with E-state index in [1.165, 1.54) is 5.56 Å². The number of aromatic nitrogens is 2. The predicted molar refractivity (Wildman–Crippen MR) is 96.3 cm³/mol. The summed E-state index contributed by atoms with van der Waals surface area (Å²) < 4.78 is 19.3. The number of ether oxygens (including phenoxy) is 1. The summed E-state index contributed by atoms with van der Waals surface area (Å²) in [6.07, 6.45) is 2.87. The summed E-state index contributed by atoms with van der Waals surface area (Å²) >= 11 is 0. The number of piperidine rings is 1. The molecule has 2 heterocycles. The molecule has 1 aliphatic heterocycles. The van der Waals surface area contributed by atoms with E-state index in [0.29, 0.717) is 18.4 Å². The number of benzene rings is 2. The Balaban J connectivity index is 1.49. The van der Waals surface area contributed by atoms with Crippen LogP contribution in [0.5, 0.6) is 5.75 Å². The third-order valence-electron chi connectivity index (χ3n) is 5.11. The van der Waals surface area contributed by atoms with Crippen LogP contribution in [0.1, 0.15) is 17.9 Å². The second-order valence-corrected chi connectivity index (χ2v) is 6.90. The standard InChI is InChI=1S/C20H22FN3O/c1-24-9-8-19(14-2-4-17(21)5-3-14)16(12-24)13-25-18-6-7-20-15(10-18)11-22-23-20/h2-7,10-11,16,19H,8-9,12-13H2,1H3,(H,22,23)/t16-,19-/m0/s1. The maximum atomic E-state index is 13.2. The first-order valence-corrected chi connectivity index (χ1v) is 8.69. The number of halogens is 1. The van der Waals surface area contributed by atoms with Crippen molar-refractivity contribution in [3.63, 3.8) is 0 Å². The molecule has 1 aromatic heterocycles. The Morgan fingerprint density at radius 1 is 1.24 bits per heavy atom. The number of rotatable bonds is 4. The lowest BCUT2D eigenvalue weighted by Gasteiger charge is -2.37. The monoisotopic (exact) mass is 339 g/mol. The predicted octanol–water partition coefficient (Wildman–Crippen LogP) is 3.82. The van der Waals surface area contributed by atoms with Crippen molar-refractivity contribution in [1.82, 2.24) is 15.1 Å². The van der Waals surface area contributed by atoms with Gasteiger partial charge in [0, 0.05) is 17.8 Å². The van der Waals surface area contributed by atoms with Gasteiger partial charge < -0.3 is 9.64 Å². The Hall–Kier alpha value is -2.40. The molecule has 4 rings (SSSR count). The van der Waals surface area contributed by atoms with E-state index >= 15 is 0 Å². The summed E-state index contributed by atoms with van der Waals surface area (Å²) in [7, 11) is 2.14. The first kappa shape index (κ1) is 16.1.